The second-order valence-electron chi connectivity index (χ2n) is 4.47. The van der Waals surface area contributed by atoms with Gasteiger partial charge in [0.25, 0.3) is 0 Å². The van der Waals surface area contributed by atoms with Gasteiger partial charge in [-0.2, -0.15) is 0 Å². The van der Waals surface area contributed by atoms with Gasteiger partial charge in [-0.25, -0.2) is 0 Å². The van der Waals surface area contributed by atoms with Crippen molar-refractivity contribution in [3.63, 3.8) is 0 Å². The zero-order valence-corrected chi connectivity index (χ0v) is 9.93. The molecular weight excluding hydrogens is 218 g/mol. The fourth-order valence-electron chi connectivity index (χ4n) is 2.25. The molecule has 0 bridgehead atoms. The number of rotatable bonds is 0. The lowest BCUT2D eigenvalue weighted by Gasteiger charge is -2.29. The van der Waals surface area contributed by atoms with Gasteiger partial charge in [-0.05, 0) is 24.5 Å². The number of ketones is 1. The Kier molecular flexibility index (Phi) is 2.28. The van der Waals surface area contributed by atoms with E-state index in [1.54, 1.807) is 11.8 Å². The smallest absolute Gasteiger partial charge is 0.171 e. The monoisotopic (exact) mass is 231 g/mol. The molecule has 0 aromatic heterocycles. The number of hydrogen-bond acceptors (Lipinski definition) is 3. The molecule has 1 N–H and O–H groups in total. The molecule has 3 heteroatoms. The molecule has 1 heterocycles. The van der Waals surface area contributed by atoms with E-state index in [2.05, 4.69) is 24.4 Å². The van der Waals surface area contributed by atoms with Crippen molar-refractivity contribution in [3.8, 4) is 0 Å². The Morgan fingerprint density at radius 3 is 3.00 bits per heavy atom. The number of Topliss-reactive ketones (excluding diaryl/α,β-unsaturated/α-hetero) is 1. The molecule has 0 saturated carbocycles. The van der Waals surface area contributed by atoms with Crippen LogP contribution in [0.2, 0.25) is 0 Å². The fourth-order valence-corrected chi connectivity index (χ4v) is 3.30. The van der Waals surface area contributed by atoms with E-state index in [4.69, 9.17) is 0 Å². The van der Waals surface area contributed by atoms with Gasteiger partial charge in [0, 0.05) is 17.0 Å². The maximum Gasteiger partial charge on any atom is 0.171 e. The highest BCUT2D eigenvalue weighted by Gasteiger charge is 2.29. The summed E-state index contributed by atoms with van der Waals surface area (Å²) in [4.78, 5) is 14.0. The lowest BCUT2D eigenvalue weighted by molar-refractivity contribution is -0.116. The molecule has 16 heavy (non-hydrogen) atoms. The van der Waals surface area contributed by atoms with Crippen LogP contribution in [0.4, 0.5) is 5.69 Å². The average Bonchev–Trinajstić information content (AvgIpc) is 2.27. The number of thioether (sulfide) groups is 1. The van der Waals surface area contributed by atoms with Gasteiger partial charge >= 0.3 is 0 Å². The number of carbonyl (C=O) groups is 1. The predicted octanol–water partition coefficient (Wildman–Crippen LogP) is 3.41. The maximum absolute atomic E-state index is 11.9. The standard InChI is InChI=1S/C13H13NOS/c1-8-6-10-13(11(15)7-8)16-12-5-3-2-4-9(12)14-10/h2-5,8,14H,6-7H2,1H3/t8-/m1/s1. The Hall–Kier alpha value is -1.22. The molecule has 0 saturated heterocycles. The highest BCUT2D eigenvalue weighted by atomic mass is 32.2. The first-order chi connectivity index (χ1) is 7.74. The van der Waals surface area contributed by atoms with Crippen LogP contribution >= 0.6 is 11.8 Å². The summed E-state index contributed by atoms with van der Waals surface area (Å²) in [5, 5.41) is 3.40. The molecule has 2 nitrogen and oxygen atoms in total. The van der Waals surface area contributed by atoms with E-state index in [0.717, 1.165) is 27.6 Å². The van der Waals surface area contributed by atoms with Crippen molar-refractivity contribution in [1.29, 1.82) is 0 Å². The van der Waals surface area contributed by atoms with Gasteiger partial charge in [0.1, 0.15) is 0 Å². The summed E-state index contributed by atoms with van der Waals surface area (Å²) in [6.45, 7) is 2.13. The van der Waals surface area contributed by atoms with Gasteiger partial charge in [0.15, 0.2) is 5.78 Å². The third-order valence-electron chi connectivity index (χ3n) is 3.00. The number of para-hydroxylation sites is 1. The molecule has 2 aliphatic rings. The molecule has 1 aromatic rings. The Bertz CT molecular complexity index is 492. The molecule has 0 amide bonds. The Morgan fingerprint density at radius 1 is 1.31 bits per heavy atom. The molecule has 1 atom stereocenters. The number of fused-ring (bicyclic) bond motifs is 1. The third-order valence-corrected chi connectivity index (χ3v) is 4.25. The van der Waals surface area contributed by atoms with E-state index in [0.29, 0.717) is 18.1 Å². The zero-order valence-electron chi connectivity index (χ0n) is 9.12. The van der Waals surface area contributed by atoms with E-state index in [-0.39, 0.29) is 0 Å². The fraction of sp³-hybridized carbons (Fsp3) is 0.308. The molecule has 1 aliphatic heterocycles. The van der Waals surface area contributed by atoms with Crippen LogP contribution in [0.3, 0.4) is 0 Å². The lowest BCUT2D eigenvalue weighted by atomic mass is 9.92. The van der Waals surface area contributed by atoms with Crippen LogP contribution in [0.25, 0.3) is 0 Å². The maximum atomic E-state index is 11.9. The number of nitrogens with one attached hydrogen (secondary N) is 1. The van der Waals surface area contributed by atoms with Crippen molar-refractivity contribution in [2.75, 3.05) is 5.32 Å². The van der Waals surface area contributed by atoms with Crippen LogP contribution in [0, 0.1) is 5.92 Å². The number of allylic oxidation sites excluding steroid dienone is 2. The van der Waals surface area contributed by atoms with E-state index < -0.39 is 0 Å². The van der Waals surface area contributed by atoms with Crippen LogP contribution in [0.15, 0.2) is 39.8 Å². The second kappa shape index (κ2) is 3.67. The second-order valence-corrected chi connectivity index (χ2v) is 5.52. The minimum absolute atomic E-state index is 0.292. The van der Waals surface area contributed by atoms with Gasteiger partial charge in [-0.1, -0.05) is 30.8 Å². The van der Waals surface area contributed by atoms with Crippen LogP contribution < -0.4 is 5.32 Å². The summed E-state index contributed by atoms with van der Waals surface area (Å²) < 4.78 is 0. The van der Waals surface area contributed by atoms with Gasteiger partial charge in [-0.15, -0.1) is 0 Å². The van der Waals surface area contributed by atoms with E-state index >= 15 is 0 Å². The molecule has 0 fully saturated rings. The molecule has 0 radical (unpaired) electrons. The van der Waals surface area contributed by atoms with E-state index in [1.165, 1.54) is 0 Å². The number of anilines is 1. The zero-order chi connectivity index (χ0) is 11.1. The average molecular weight is 231 g/mol. The first-order valence-corrected chi connectivity index (χ1v) is 6.36. The molecular formula is C13H13NOS. The Labute approximate surface area is 99.1 Å². The topological polar surface area (TPSA) is 29.1 Å². The SMILES string of the molecule is C[C@H]1CC(=O)C2=C(C1)Nc1ccccc1S2. The quantitative estimate of drug-likeness (QED) is 0.742. The molecule has 1 aliphatic carbocycles. The summed E-state index contributed by atoms with van der Waals surface area (Å²) in [6.07, 6.45) is 1.68. The van der Waals surface area contributed by atoms with Crippen molar-refractivity contribution in [2.45, 2.75) is 24.7 Å². The third kappa shape index (κ3) is 1.55. The molecule has 3 rings (SSSR count). The highest BCUT2D eigenvalue weighted by molar-refractivity contribution is 8.04. The van der Waals surface area contributed by atoms with Crippen LogP contribution in [-0.2, 0) is 4.79 Å². The first kappa shape index (κ1) is 9.97. The summed E-state index contributed by atoms with van der Waals surface area (Å²) >= 11 is 1.62. The predicted molar refractivity (Wildman–Crippen MR) is 66.4 cm³/mol. The van der Waals surface area contributed by atoms with Gasteiger partial charge in [-0.3, -0.25) is 4.79 Å². The van der Waals surface area contributed by atoms with Crippen LogP contribution in [-0.4, -0.2) is 5.78 Å². The van der Waals surface area contributed by atoms with Gasteiger partial charge in [0.05, 0.1) is 10.6 Å². The minimum Gasteiger partial charge on any atom is -0.357 e. The van der Waals surface area contributed by atoms with Gasteiger partial charge < -0.3 is 5.32 Å². The van der Waals surface area contributed by atoms with Crippen molar-refractivity contribution >= 4 is 23.2 Å². The normalized spacial score (nSPS) is 23.6. The largest absolute Gasteiger partial charge is 0.357 e. The van der Waals surface area contributed by atoms with Crippen LogP contribution in [0.1, 0.15) is 19.8 Å². The van der Waals surface area contributed by atoms with Gasteiger partial charge in [0.2, 0.25) is 0 Å². The molecule has 82 valence electrons. The van der Waals surface area contributed by atoms with Crippen molar-refractivity contribution in [2.24, 2.45) is 5.92 Å². The summed E-state index contributed by atoms with van der Waals surface area (Å²) in [6, 6.07) is 8.15. The highest BCUT2D eigenvalue weighted by Crippen LogP contribution is 2.44. The lowest BCUT2D eigenvalue weighted by Crippen LogP contribution is -2.22. The van der Waals surface area contributed by atoms with E-state index in [9.17, 15) is 4.79 Å². The summed E-state index contributed by atoms with van der Waals surface area (Å²) in [7, 11) is 0. The Balaban J connectivity index is 2.01. The molecule has 1 aromatic carbocycles. The number of carbonyl (C=O) groups excluding carboxylic acids is 1. The van der Waals surface area contributed by atoms with E-state index in [1.807, 2.05) is 12.1 Å². The summed E-state index contributed by atoms with van der Waals surface area (Å²) in [5.41, 5.74) is 2.25. The summed E-state index contributed by atoms with van der Waals surface area (Å²) in [5.74, 6) is 0.755. The molecule has 0 unspecified atom stereocenters. The van der Waals surface area contributed by atoms with Crippen LogP contribution in [0.5, 0.6) is 0 Å². The van der Waals surface area contributed by atoms with Crippen molar-refractivity contribution < 1.29 is 4.79 Å². The van der Waals surface area contributed by atoms with Crippen molar-refractivity contribution in [3.05, 3.63) is 34.9 Å². The number of benzene rings is 1. The number of hydrogen-bond donors (Lipinski definition) is 1. The Morgan fingerprint density at radius 2 is 2.12 bits per heavy atom. The van der Waals surface area contributed by atoms with Crippen molar-refractivity contribution in [1.82, 2.24) is 0 Å². The molecule has 0 spiro atoms. The first-order valence-electron chi connectivity index (χ1n) is 5.54. The minimum atomic E-state index is 0.292.